The first-order valence-corrected chi connectivity index (χ1v) is 5.58. The van der Waals surface area contributed by atoms with Crippen LogP contribution in [0.4, 0.5) is 0 Å². The van der Waals surface area contributed by atoms with Crippen LogP contribution in [0.1, 0.15) is 22.4 Å². The van der Waals surface area contributed by atoms with Crippen molar-refractivity contribution < 1.29 is 9.53 Å². The smallest absolute Gasteiger partial charge is 0.374 e. The third-order valence-corrected chi connectivity index (χ3v) is 3.35. The average Bonchev–Trinajstić information content (AvgIpc) is 2.71. The van der Waals surface area contributed by atoms with Gasteiger partial charge in [0.15, 0.2) is 0 Å². The van der Waals surface area contributed by atoms with Crippen molar-refractivity contribution in [3.8, 4) is 0 Å². The van der Waals surface area contributed by atoms with Crippen LogP contribution < -0.4 is 5.56 Å². The van der Waals surface area contributed by atoms with E-state index in [2.05, 4.69) is 14.7 Å². The van der Waals surface area contributed by atoms with E-state index >= 15 is 0 Å². The Balaban J connectivity index is 2.66. The Labute approximate surface area is 95.1 Å². The molecule has 0 radical (unpaired) electrons. The van der Waals surface area contributed by atoms with Crippen molar-refractivity contribution in [1.82, 2.24) is 9.97 Å². The van der Waals surface area contributed by atoms with Gasteiger partial charge in [-0.15, -0.1) is 11.3 Å². The molecule has 2 aromatic heterocycles. The molecule has 0 atom stereocenters. The lowest BCUT2D eigenvalue weighted by Crippen LogP contribution is -2.15. The molecule has 0 aromatic carbocycles. The first-order chi connectivity index (χ1) is 7.65. The molecular weight excluding hydrogens is 228 g/mol. The predicted octanol–water partition coefficient (Wildman–Crippen LogP) is 1.33. The summed E-state index contributed by atoms with van der Waals surface area (Å²) in [5.74, 6) is -0.685. The number of aryl methyl sites for hydroxylation is 1. The number of fused-ring (bicyclic) bond motifs is 1. The molecule has 0 fully saturated rings. The van der Waals surface area contributed by atoms with Gasteiger partial charge in [0, 0.05) is 4.88 Å². The second kappa shape index (κ2) is 4.05. The number of hydrogen-bond donors (Lipinski definition) is 1. The van der Waals surface area contributed by atoms with Crippen LogP contribution in [-0.2, 0) is 11.2 Å². The number of aromatic nitrogens is 2. The van der Waals surface area contributed by atoms with Crippen LogP contribution in [-0.4, -0.2) is 23.0 Å². The number of carbonyl (C=O) groups is 1. The molecule has 0 bridgehead atoms. The maximum absolute atomic E-state index is 11.7. The van der Waals surface area contributed by atoms with Gasteiger partial charge in [0.05, 0.1) is 12.5 Å². The van der Waals surface area contributed by atoms with E-state index < -0.39 is 5.97 Å². The number of hydrogen-bond acceptors (Lipinski definition) is 5. The normalized spacial score (nSPS) is 10.6. The van der Waals surface area contributed by atoms with Gasteiger partial charge < -0.3 is 9.72 Å². The van der Waals surface area contributed by atoms with Gasteiger partial charge in [-0.3, -0.25) is 4.79 Å². The fourth-order valence-electron chi connectivity index (χ4n) is 1.35. The molecule has 0 saturated heterocycles. The van der Waals surface area contributed by atoms with Gasteiger partial charge in [0.2, 0.25) is 5.82 Å². The van der Waals surface area contributed by atoms with Gasteiger partial charge in [-0.25, -0.2) is 9.78 Å². The topological polar surface area (TPSA) is 72.0 Å². The van der Waals surface area contributed by atoms with Crippen molar-refractivity contribution in [2.45, 2.75) is 13.3 Å². The van der Waals surface area contributed by atoms with Crippen molar-refractivity contribution in [1.29, 1.82) is 0 Å². The zero-order valence-corrected chi connectivity index (χ0v) is 9.68. The summed E-state index contributed by atoms with van der Waals surface area (Å²) in [5.41, 5.74) is -0.304. The summed E-state index contributed by atoms with van der Waals surface area (Å²) in [6.07, 6.45) is 0.841. The van der Waals surface area contributed by atoms with Crippen molar-refractivity contribution >= 4 is 27.5 Å². The summed E-state index contributed by atoms with van der Waals surface area (Å²) in [7, 11) is 1.25. The Kier molecular flexibility index (Phi) is 2.74. The second-order valence-corrected chi connectivity index (χ2v) is 4.31. The number of rotatable bonds is 2. The van der Waals surface area contributed by atoms with E-state index in [0.29, 0.717) is 10.2 Å². The van der Waals surface area contributed by atoms with Crippen LogP contribution in [0.2, 0.25) is 0 Å². The summed E-state index contributed by atoms with van der Waals surface area (Å²) in [6, 6.07) is 1.80. The number of esters is 1. The number of ether oxygens (including phenoxy) is 1. The quantitative estimate of drug-likeness (QED) is 0.801. The Morgan fingerprint density at radius 1 is 1.62 bits per heavy atom. The fourth-order valence-corrected chi connectivity index (χ4v) is 2.32. The van der Waals surface area contributed by atoms with Crippen LogP contribution in [0.5, 0.6) is 0 Å². The molecule has 5 nitrogen and oxygen atoms in total. The lowest BCUT2D eigenvalue weighted by Gasteiger charge is -1.96. The van der Waals surface area contributed by atoms with Crippen LogP contribution >= 0.6 is 11.3 Å². The summed E-state index contributed by atoms with van der Waals surface area (Å²) in [5, 5.41) is 0.523. The number of carbonyl (C=O) groups excluding carboxylic acids is 1. The number of thiophene rings is 1. The third-order valence-electron chi connectivity index (χ3n) is 2.18. The number of nitrogens with one attached hydrogen (secondary N) is 1. The van der Waals surface area contributed by atoms with E-state index in [9.17, 15) is 9.59 Å². The highest BCUT2D eigenvalue weighted by molar-refractivity contribution is 7.18. The number of nitrogens with zero attached hydrogens (tertiary/aromatic N) is 1. The molecule has 0 aliphatic rings. The molecule has 2 aromatic rings. The summed E-state index contributed by atoms with van der Waals surface area (Å²) < 4.78 is 4.51. The van der Waals surface area contributed by atoms with Gasteiger partial charge in [-0.1, -0.05) is 6.92 Å². The zero-order chi connectivity index (χ0) is 11.7. The van der Waals surface area contributed by atoms with E-state index in [-0.39, 0.29) is 11.4 Å². The summed E-state index contributed by atoms with van der Waals surface area (Å²) in [4.78, 5) is 31.0. The highest BCUT2D eigenvalue weighted by atomic mass is 32.1. The monoisotopic (exact) mass is 238 g/mol. The molecule has 16 heavy (non-hydrogen) atoms. The van der Waals surface area contributed by atoms with Crippen molar-refractivity contribution in [3.63, 3.8) is 0 Å². The van der Waals surface area contributed by atoms with Gasteiger partial charge >= 0.3 is 5.97 Å². The molecule has 0 spiro atoms. The van der Waals surface area contributed by atoms with Crippen molar-refractivity contribution in [3.05, 3.63) is 27.1 Å². The fraction of sp³-hybridized carbons (Fsp3) is 0.300. The molecule has 1 N–H and O–H groups in total. The van der Waals surface area contributed by atoms with Crippen LogP contribution in [0.3, 0.4) is 0 Å². The maximum atomic E-state index is 11.7. The van der Waals surface area contributed by atoms with Gasteiger partial charge in [0.1, 0.15) is 4.83 Å². The van der Waals surface area contributed by atoms with E-state index in [1.54, 1.807) is 6.07 Å². The minimum absolute atomic E-state index is 0.0514. The zero-order valence-electron chi connectivity index (χ0n) is 8.86. The summed E-state index contributed by atoms with van der Waals surface area (Å²) in [6.45, 7) is 2.00. The molecule has 6 heteroatoms. The SMILES string of the molecule is CCc1cc2c(=O)[nH]c(C(=O)OC)nc2s1. The van der Waals surface area contributed by atoms with Crippen LogP contribution in [0.15, 0.2) is 10.9 Å². The molecule has 0 aliphatic heterocycles. The van der Waals surface area contributed by atoms with E-state index in [0.717, 1.165) is 11.3 Å². The first kappa shape index (κ1) is 10.8. The maximum Gasteiger partial charge on any atom is 0.374 e. The minimum atomic E-state index is -0.634. The predicted molar refractivity (Wildman–Crippen MR) is 61.0 cm³/mol. The Bertz CT molecular complexity index is 600. The Morgan fingerprint density at radius 3 is 3.00 bits per heavy atom. The van der Waals surface area contributed by atoms with Crippen LogP contribution in [0.25, 0.3) is 10.2 Å². The molecule has 0 amide bonds. The summed E-state index contributed by atoms with van der Waals surface area (Å²) >= 11 is 1.41. The molecule has 84 valence electrons. The minimum Gasteiger partial charge on any atom is -0.463 e. The van der Waals surface area contributed by atoms with E-state index in [4.69, 9.17) is 0 Å². The second-order valence-electron chi connectivity index (χ2n) is 3.19. The number of methoxy groups -OCH3 is 1. The Morgan fingerprint density at radius 2 is 2.38 bits per heavy atom. The van der Waals surface area contributed by atoms with Gasteiger partial charge in [-0.05, 0) is 12.5 Å². The van der Waals surface area contributed by atoms with Crippen LogP contribution in [0, 0.1) is 0 Å². The van der Waals surface area contributed by atoms with Gasteiger partial charge in [-0.2, -0.15) is 0 Å². The first-order valence-electron chi connectivity index (χ1n) is 4.76. The Hall–Kier alpha value is -1.69. The largest absolute Gasteiger partial charge is 0.463 e. The average molecular weight is 238 g/mol. The van der Waals surface area contributed by atoms with E-state index in [1.807, 2.05) is 6.92 Å². The third kappa shape index (κ3) is 1.71. The molecule has 0 saturated carbocycles. The molecule has 2 rings (SSSR count). The standard InChI is InChI=1S/C10H10N2O3S/c1-3-5-4-6-8(13)11-7(10(14)15-2)12-9(6)16-5/h4H,3H2,1-2H3,(H,11,12,13). The number of aromatic amines is 1. The lowest BCUT2D eigenvalue weighted by molar-refractivity contribution is 0.0587. The van der Waals surface area contributed by atoms with Crippen molar-refractivity contribution in [2.24, 2.45) is 0 Å². The molecule has 0 aliphatic carbocycles. The number of H-pyrrole nitrogens is 1. The van der Waals surface area contributed by atoms with E-state index in [1.165, 1.54) is 18.4 Å². The molecular formula is C10H10N2O3S. The van der Waals surface area contributed by atoms with Gasteiger partial charge in [0.25, 0.3) is 5.56 Å². The lowest BCUT2D eigenvalue weighted by atomic mass is 10.3. The van der Waals surface area contributed by atoms with Crippen molar-refractivity contribution in [2.75, 3.05) is 7.11 Å². The molecule has 0 unspecified atom stereocenters. The molecule has 2 heterocycles. The highest BCUT2D eigenvalue weighted by Gasteiger charge is 2.13. The highest BCUT2D eigenvalue weighted by Crippen LogP contribution is 2.21.